The van der Waals surface area contributed by atoms with E-state index in [4.69, 9.17) is 15.5 Å². The van der Waals surface area contributed by atoms with Crippen LogP contribution >= 0.6 is 0 Å². The van der Waals surface area contributed by atoms with Gasteiger partial charge in [0.05, 0.1) is 17.1 Å². The molecule has 2 aromatic rings. The Labute approximate surface area is 119 Å². The molecule has 1 aliphatic heterocycles. The van der Waals surface area contributed by atoms with E-state index in [1.54, 1.807) is 7.11 Å². The van der Waals surface area contributed by atoms with Crippen LogP contribution in [0.15, 0.2) is 24.3 Å². The minimum Gasteiger partial charge on any atom is -0.381 e. The first-order valence-electron chi connectivity index (χ1n) is 7.15. The Kier molecular flexibility index (Phi) is 3.63. The first kappa shape index (κ1) is 13.4. The van der Waals surface area contributed by atoms with E-state index in [9.17, 15) is 0 Å². The van der Waals surface area contributed by atoms with Crippen molar-refractivity contribution in [1.82, 2.24) is 9.55 Å². The van der Waals surface area contributed by atoms with Gasteiger partial charge in [0.25, 0.3) is 0 Å². The van der Waals surface area contributed by atoms with Crippen molar-refractivity contribution >= 4 is 17.0 Å². The number of aryl methyl sites for hydroxylation is 1. The van der Waals surface area contributed by atoms with Crippen LogP contribution in [0.1, 0.15) is 12.8 Å². The second-order valence-electron chi connectivity index (χ2n) is 5.42. The molecule has 1 aromatic carbocycles. The number of hydrogen-bond donors (Lipinski definition) is 1. The molecule has 3 rings (SSSR count). The lowest BCUT2D eigenvalue weighted by molar-refractivity contribution is 0.0705. The Balaban J connectivity index is 1.95. The van der Waals surface area contributed by atoms with Gasteiger partial charge < -0.3 is 19.9 Å². The molecule has 0 aliphatic carbocycles. The summed E-state index contributed by atoms with van der Waals surface area (Å²) in [6, 6.07) is 8.52. The van der Waals surface area contributed by atoms with Crippen LogP contribution < -0.4 is 10.6 Å². The molecular formula is C15H22N4O. The van der Waals surface area contributed by atoms with E-state index in [2.05, 4.69) is 28.6 Å². The number of ether oxygens (including phenoxy) is 1. The lowest BCUT2D eigenvalue weighted by Gasteiger charge is -2.39. The standard InChI is InChI=1S/C15H22N4O/c1-18-14-6-4-3-5-13(14)17-15(18)19-8-7-12(20-2)9-11(19)10-16/h3-6,11-12H,7-10,16H2,1-2H3. The predicted molar refractivity (Wildman–Crippen MR) is 80.9 cm³/mol. The van der Waals surface area contributed by atoms with Crippen LogP contribution in [0.2, 0.25) is 0 Å². The fraction of sp³-hybridized carbons (Fsp3) is 0.533. The summed E-state index contributed by atoms with van der Waals surface area (Å²) in [4.78, 5) is 7.11. The van der Waals surface area contributed by atoms with Crippen molar-refractivity contribution in [3.63, 3.8) is 0 Å². The molecule has 2 heterocycles. The first-order valence-corrected chi connectivity index (χ1v) is 7.15. The monoisotopic (exact) mass is 274 g/mol. The van der Waals surface area contributed by atoms with Crippen LogP contribution in [0.3, 0.4) is 0 Å². The van der Waals surface area contributed by atoms with Crippen LogP contribution in [-0.2, 0) is 11.8 Å². The fourth-order valence-electron chi connectivity index (χ4n) is 3.10. The maximum atomic E-state index is 5.96. The van der Waals surface area contributed by atoms with E-state index in [0.29, 0.717) is 18.7 Å². The zero-order chi connectivity index (χ0) is 14.1. The highest BCUT2D eigenvalue weighted by Gasteiger charge is 2.30. The molecular weight excluding hydrogens is 252 g/mol. The highest BCUT2D eigenvalue weighted by atomic mass is 16.5. The lowest BCUT2D eigenvalue weighted by Crippen LogP contribution is -2.49. The third kappa shape index (κ3) is 2.17. The van der Waals surface area contributed by atoms with Crippen molar-refractivity contribution in [2.45, 2.75) is 25.0 Å². The van der Waals surface area contributed by atoms with E-state index in [-0.39, 0.29) is 0 Å². The van der Waals surface area contributed by atoms with Gasteiger partial charge in [-0.25, -0.2) is 4.98 Å². The van der Waals surface area contributed by atoms with E-state index in [0.717, 1.165) is 36.4 Å². The van der Waals surface area contributed by atoms with Gasteiger partial charge in [0.15, 0.2) is 0 Å². The molecule has 2 N–H and O–H groups in total. The third-order valence-electron chi connectivity index (χ3n) is 4.29. The smallest absolute Gasteiger partial charge is 0.206 e. The molecule has 108 valence electrons. The van der Waals surface area contributed by atoms with Crippen LogP contribution in [0, 0.1) is 0 Å². The van der Waals surface area contributed by atoms with E-state index in [1.165, 1.54) is 0 Å². The molecule has 1 fully saturated rings. The number of benzene rings is 1. The molecule has 0 amide bonds. The van der Waals surface area contributed by atoms with Gasteiger partial charge in [-0.2, -0.15) is 0 Å². The van der Waals surface area contributed by atoms with Crippen LogP contribution in [-0.4, -0.2) is 41.9 Å². The molecule has 0 saturated carbocycles. The summed E-state index contributed by atoms with van der Waals surface area (Å²) in [5.41, 5.74) is 8.15. The van der Waals surface area contributed by atoms with Gasteiger partial charge in [0, 0.05) is 33.3 Å². The second-order valence-corrected chi connectivity index (χ2v) is 5.42. The molecule has 5 nitrogen and oxygen atoms in total. The molecule has 5 heteroatoms. The summed E-state index contributed by atoms with van der Waals surface area (Å²) in [5.74, 6) is 1.01. The number of imidazole rings is 1. The van der Waals surface area contributed by atoms with Gasteiger partial charge >= 0.3 is 0 Å². The SMILES string of the molecule is COC1CCN(c2nc3ccccc3n2C)C(CN)C1. The Hall–Kier alpha value is -1.59. The van der Waals surface area contributed by atoms with Crippen LogP contribution in [0.25, 0.3) is 11.0 Å². The molecule has 2 atom stereocenters. The molecule has 0 spiro atoms. The van der Waals surface area contributed by atoms with Gasteiger partial charge in [0.1, 0.15) is 0 Å². The highest BCUT2D eigenvalue weighted by molar-refractivity contribution is 5.78. The zero-order valence-electron chi connectivity index (χ0n) is 12.1. The summed E-state index contributed by atoms with van der Waals surface area (Å²) < 4.78 is 7.65. The number of para-hydroxylation sites is 2. The minimum absolute atomic E-state index is 0.296. The normalized spacial score (nSPS) is 23.4. The van der Waals surface area contributed by atoms with Crippen molar-refractivity contribution in [3.8, 4) is 0 Å². The first-order chi connectivity index (χ1) is 9.74. The number of rotatable bonds is 3. The summed E-state index contributed by atoms with van der Waals surface area (Å²) >= 11 is 0. The van der Waals surface area contributed by atoms with Gasteiger partial charge in [-0.15, -0.1) is 0 Å². The van der Waals surface area contributed by atoms with E-state index >= 15 is 0 Å². The number of aromatic nitrogens is 2. The van der Waals surface area contributed by atoms with Gasteiger partial charge in [-0.05, 0) is 25.0 Å². The van der Waals surface area contributed by atoms with Crippen LogP contribution in [0.5, 0.6) is 0 Å². The van der Waals surface area contributed by atoms with E-state index in [1.807, 2.05) is 12.1 Å². The molecule has 0 bridgehead atoms. The molecule has 1 aliphatic rings. The lowest BCUT2D eigenvalue weighted by atomic mass is 10.00. The molecule has 1 aromatic heterocycles. The van der Waals surface area contributed by atoms with Crippen molar-refractivity contribution < 1.29 is 4.74 Å². The number of fused-ring (bicyclic) bond motifs is 1. The Morgan fingerprint density at radius 1 is 1.40 bits per heavy atom. The fourth-order valence-corrected chi connectivity index (χ4v) is 3.10. The maximum Gasteiger partial charge on any atom is 0.206 e. The predicted octanol–water partition coefficient (Wildman–Crippen LogP) is 1.52. The number of hydrogen-bond acceptors (Lipinski definition) is 4. The number of nitrogens with zero attached hydrogens (tertiary/aromatic N) is 3. The number of methoxy groups -OCH3 is 1. The van der Waals surface area contributed by atoms with Crippen molar-refractivity contribution in [3.05, 3.63) is 24.3 Å². The summed E-state index contributed by atoms with van der Waals surface area (Å²) in [6.07, 6.45) is 2.31. The topological polar surface area (TPSA) is 56.3 Å². The zero-order valence-corrected chi connectivity index (χ0v) is 12.1. The Morgan fingerprint density at radius 2 is 2.20 bits per heavy atom. The number of anilines is 1. The van der Waals surface area contributed by atoms with Crippen molar-refractivity contribution in [2.75, 3.05) is 25.1 Å². The van der Waals surface area contributed by atoms with Crippen LogP contribution in [0.4, 0.5) is 5.95 Å². The van der Waals surface area contributed by atoms with E-state index < -0.39 is 0 Å². The maximum absolute atomic E-state index is 5.96. The Bertz CT molecular complexity index is 595. The molecule has 0 radical (unpaired) electrons. The average molecular weight is 274 g/mol. The Morgan fingerprint density at radius 3 is 2.90 bits per heavy atom. The number of piperidine rings is 1. The quantitative estimate of drug-likeness (QED) is 0.922. The third-order valence-corrected chi connectivity index (χ3v) is 4.29. The molecule has 2 unspecified atom stereocenters. The van der Waals surface area contributed by atoms with Gasteiger partial charge in [0.2, 0.25) is 5.95 Å². The van der Waals surface area contributed by atoms with Gasteiger partial charge in [-0.3, -0.25) is 0 Å². The summed E-state index contributed by atoms with van der Waals surface area (Å²) in [5, 5.41) is 0. The summed E-state index contributed by atoms with van der Waals surface area (Å²) in [6.45, 7) is 1.57. The van der Waals surface area contributed by atoms with Gasteiger partial charge in [-0.1, -0.05) is 12.1 Å². The number of nitrogens with two attached hydrogens (primary N) is 1. The largest absolute Gasteiger partial charge is 0.381 e. The highest BCUT2D eigenvalue weighted by Crippen LogP contribution is 2.27. The average Bonchev–Trinajstić information content (AvgIpc) is 2.84. The summed E-state index contributed by atoms with van der Waals surface area (Å²) in [7, 11) is 3.85. The van der Waals surface area contributed by atoms with Crippen molar-refractivity contribution in [2.24, 2.45) is 12.8 Å². The molecule has 1 saturated heterocycles. The second kappa shape index (κ2) is 5.42. The minimum atomic E-state index is 0.296. The molecule has 20 heavy (non-hydrogen) atoms. The van der Waals surface area contributed by atoms with Crippen molar-refractivity contribution in [1.29, 1.82) is 0 Å².